The van der Waals surface area contributed by atoms with Crippen LogP contribution in [-0.4, -0.2) is 28.9 Å². The lowest BCUT2D eigenvalue weighted by Gasteiger charge is -2.15. The van der Waals surface area contributed by atoms with Crippen molar-refractivity contribution in [2.24, 2.45) is 5.73 Å². The van der Waals surface area contributed by atoms with Gasteiger partial charge in [0, 0.05) is 6.04 Å². The lowest BCUT2D eigenvalue weighted by atomic mass is 9.97. The first-order chi connectivity index (χ1) is 6.31. The summed E-state index contributed by atoms with van der Waals surface area (Å²) < 4.78 is 12.0. The van der Waals surface area contributed by atoms with Gasteiger partial charge in [0.2, 0.25) is 0 Å². The largest absolute Gasteiger partial charge is 0.394 e. The van der Waals surface area contributed by atoms with Crippen LogP contribution in [0.3, 0.4) is 0 Å². The molecule has 0 unspecified atom stereocenters. The molecular formula is C8H19NO3S. The highest BCUT2D eigenvalue weighted by Gasteiger charge is 2.06. The highest BCUT2D eigenvalue weighted by atomic mass is 32.2. The van der Waals surface area contributed by atoms with Crippen LogP contribution in [0.5, 0.6) is 0 Å². The van der Waals surface area contributed by atoms with E-state index in [0.29, 0.717) is 6.04 Å². The molecule has 4 nitrogen and oxygen atoms in total. The maximum absolute atomic E-state index is 7.95. The molecule has 0 heterocycles. The lowest BCUT2D eigenvalue weighted by molar-refractivity contribution is 0.213. The monoisotopic (exact) mass is 209 g/mol. The molecule has 0 amide bonds. The van der Waals surface area contributed by atoms with Gasteiger partial charge in [-0.25, -0.2) is 0 Å². The van der Waals surface area contributed by atoms with Crippen molar-refractivity contribution in [1.29, 1.82) is 0 Å². The molecule has 0 radical (unpaired) electrons. The van der Waals surface area contributed by atoms with Crippen LogP contribution in [0.15, 0.2) is 0 Å². The molecule has 1 aliphatic carbocycles. The molecule has 0 aliphatic heterocycles. The molecule has 4 N–H and O–H groups in total. The van der Waals surface area contributed by atoms with Crippen molar-refractivity contribution in [3.05, 3.63) is 0 Å². The number of aliphatic hydroxyl groups is 1. The van der Waals surface area contributed by atoms with Crippen LogP contribution < -0.4 is 5.73 Å². The fourth-order valence-electron chi connectivity index (χ4n) is 1.21. The van der Waals surface area contributed by atoms with Crippen LogP contribution in [0.25, 0.3) is 0 Å². The minimum Gasteiger partial charge on any atom is -0.394 e. The molecule has 0 spiro atoms. The van der Waals surface area contributed by atoms with Gasteiger partial charge in [-0.1, -0.05) is 19.3 Å². The number of hydrogen-bond acceptors (Lipinski definition) is 5. The molecule has 80 valence electrons. The van der Waals surface area contributed by atoms with Crippen molar-refractivity contribution in [2.75, 3.05) is 13.2 Å². The quantitative estimate of drug-likeness (QED) is 0.484. The Morgan fingerprint density at radius 1 is 1.31 bits per heavy atom. The van der Waals surface area contributed by atoms with E-state index in [9.17, 15) is 0 Å². The van der Waals surface area contributed by atoms with Crippen molar-refractivity contribution in [3.8, 4) is 0 Å². The molecule has 1 saturated carbocycles. The zero-order valence-corrected chi connectivity index (χ0v) is 8.63. The zero-order valence-electron chi connectivity index (χ0n) is 7.82. The van der Waals surface area contributed by atoms with Gasteiger partial charge in [0.25, 0.3) is 0 Å². The lowest BCUT2D eigenvalue weighted by Crippen LogP contribution is -2.22. The Morgan fingerprint density at radius 3 is 2.15 bits per heavy atom. The fraction of sp³-hybridized carbons (Fsp3) is 1.00. The summed E-state index contributed by atoms with van der Waals surface area (Å²) in [7, 11) is 0. The van der Waals surface area contributed by atoms with Gasteiger partial charge in [0.15, 0.2) is 12.3 Å². The molecule has 0 aromatic heterocycles. The second-order valence-corrected chi connectivity index (χ2v) is 3.40. The van der Waals surface area contributed by atoms with Crippen molar-refractivity contribution in [3.63, 3.8) is 0 Å². The van der Waals surface area contributed by atoms with Gasteiger partial charge in [0.05, 0.1) is 13.2 Å². The van der Waals surface area contributed by atoms with E-state index in [-0.39, 0.29) is 25.5 Å². The molecule has 1 fully saturated rings. The summed E-state index contributed by atoms with van der Waals surface area (Å²) in [5.74, 6) is 0. The maximum atomic E-state index is 7.95. The smallest absolute Gasteiger partial charge is 0.155 e. The van der Waals surface area contributed by atoms with Crippen LogP contribution >= 0.6 is 12.3 Å². The number of aliphatic hydroxyl groups excluding tert-OH is 1. The third kappa shape index (κ3) is 10.1. The van der Waals surface area contributed by atoms with E-state index in [0.717, 1.165) is 0 Å². The first-order valence-corrected chi connectivity index (χ1v) is 5.30. The fourth-order valence-corrected chi connectivity index (χ4v) is 1.36. The predicted octanol–water partition coefficient (Wildman–Crippen LogP) is 1.39. The Balaban J connectivity index is 0.000000226. The molecule has 0 atom stereocenters. The van der Waals surface area contributed by atoms with Crippen molar-refractivity contribution in [1.82, 2.24) is 0 Å². The van der Waals surface area contributed by atoms with E-state index >= 15 is 0 Å². The summed E-state index contributed by atoms with van der Waals surface area (Å²) in [4.78, 5) is 0. The van der Waals surface area contributed by atoms with Gasteiger partial charge in [-0.3, -0.25) is 4.18 Å². The summed E-state index contributed by atoms with van der Waals surface area (Å²) in [5, 5.41) is 7.95. The van der Waals surface area contributed by atoms with Crippen LogP contribution in [0.1, 0.15) is 32.1 Å². The second kappa shape index (κ2) is 10.3. The minimum absolute atomic E-state index is 0.0481. The van der Waals surface area contributed by atoms with E-state index in [2.05, 4.69) is 4.18 Å². The summed E-state index contributed by atoms with van der Waals surface area (Å²) in [6.07, 6.45) is 6.66. The van der Waals surface area contributed by atoms with E-state index in [1.807, 2.05) is 0 Å². The van der Waals surface area contributed by atoms with Gasteiger partial charge in [-0.05, 0) is 12.8 Å². The van der Waals surface area contributed by atoms with Gasteiger partial charge < -0.3 is 15.4 Å². The molecule has 0 aromatic carbocycles. The van der Waals surface area contributed by atoms with E-state index in [4.69, 9.17) is 15.4 Å². The average Bonchev–Trinajstić information content (AvgIpc) is 2.17. The third-order valence-electron chi connectivity index (χ3n) is 1.88. The first kappa shape index (κ1) is 13.2. The number of rotatable bonds is 3. The third-order valence-corrected chi connectivity index (χ3v) is 2.15. The summed E-state index contributed by atoms with van der Waals surface area (Å²) in [6.45, 7) is 0.134. The summed E-state index contributed by atoms with van der Waals surface area (Å²) in [5.41, 5.74) is 5.63. The normalized spacial score (nSPS) is 17.8. The summed E-state index contributed by atoms with van der Waals surface area (Å²) >= 11 is 0.266. The SMILES string of the molecule is NC1CCCCC1.OCCOSO. The van der Waals surface area contributed by atoms with Crippen molar-refractivity contribution in [2.45, 2.75) is 38.1 Å². The topological polar surface area (TPSA) is 75.7 Å². The number of hydrogen-bond donors (Lipinski definition) is 3. The van der Waals surface area contributed by atoms with Crippen LogP contribution in [0, 0.1) is 0 Å². The van der Waals surface area contributed by atoms with Gasteiger partial charge in [-0.2, -0.15) is 0 Å². The van der Waals surface area contributed by atoms with Gasteiger partial charge >= 0.3 is 0 Å². The molecule has 13 heavy (non-hydrogen) atoms. The van der Waals surface area contributed by atoms with Crippen molar-refractivity contribution < 1.29 is 13.8 Å². The Kier molecular flexibility index (Phi) is 10.4. The summed E-state index contributed by atoms with van der Waals surface area (Å²) in [6, 6.07) is 0.536. The van der Waals surface area contributed by atoms with Crippen LogP contribution in [0.2, 0.25) is 0 Å². The highest BCUT2D eigenvalue weighted by molar-refractivity contribution is 7.88. The minimum atomic E-state index is -0.0481. The molecule has 1 aliphatic rings. The van der Waals surface area contributed by atoms with Crippen molar-refractivity contribution >= 4 is 12.3 Å². The molecule has 1 rings (SSSR count). The van der Waals surface area contributed by atoms with E-state index < -0.39 is 0 Å². The van der Waals surface area contributed by atoms with E-state index in [1.165, 1.54) is 32.1 Å². The Morgan fingerprint density at radius 2 is 1.92 bits per heavy atom. The van der Waals surface area contributed by atoms with Crippen LogP contribution in [-0.2, 0) is 4.18 Å². The molecule has 0 aromatic rings. The highest BCUT2D eigenvalue weighted by Crippen LogP contribution is 2.14. The van der Waals surface area contributed by atoms with E-state index in [1.54, 1.807) is 0 Å². The second-order valence-electron chi connectivity index (χ2n) is 3.02. The molecule has 5 heteroatoms. The molecule has 0 saturated heterocycles. The Hall–Kier alpha value is 0.190. The predicted molar refractivity (Wildman–Crippen MR) is 54.3 cm³/mol. The number of nitrogens with two attached hydrogens (primary N) is 1. The first-order valence-electron chi connectivity index (χ1n) is 4.60. The zero-order chi connectivity index (χ0) is 9.94. The molecule has 0 bridgehead atoms. The Bertz CT molecular complexity index is 95.4. The molecular weight excluding hydrogens is 190 g/mol. The average molecular weight is 209 g/mol. The maximum Gasteiger partial charge on any atom is 0.155 e. The Labute approximate surface area is 83.9 Å². The standard InChI is InChI=1S/C6H13N.C2H6O3S/c7-6-4-2-1-3-5-6;3-1-2-5-6-4/h6H,1-5,7H2;3-4H,1-2H2. The van der Waals surface area contributed by atoms with Gasteiger partial charge in [0.1, 0.15) is 0 Å². The van der Waals surface area contributed by atoms with Crippen LogP contribution in [0.4, 0.5) is 0 Å². The van der Waals surface area contributed by atoms with Gasteiger partial charge in [-0.15, -0.1) is 0 Å².